The van der Waals surface area contributed by atoms with Crippen molar-refractivity contribution >= 4 is 17.7 Å². The normalized spacial score (nSPS) is 15.5. The van der Waals surface area contributed by atoms with Gasteiger partial charge in [0.2, 0.25) is 5.91 Å². The number of ether oxygens (including phenoxy) is 1. The van der Waals surface area contributed by atoms with Crippen molar-refractivity contribution < 1.29 is 14.3 Å². The predicted molar refractivity (Wildman–Crippen MR) is 88.4 cm³/mol. The molecule has 0 unspecified atom stereocenters. The molecule has 1 fully saturated rings. The smallest absolute Gasteiger partial charge is 0.339 e. The van der Waals surface area contributed by atoms with E-state index in [2.05, 4.69) is 9.88 Å². The van der Waals surface area contributed by atoms with Crippen LogP contribution < -0.4 is 4.90 Å². The van der Waals surface area contributed by atoms with Crippen molar-refractivity contribution in [1.82, 2.24) is 9.88 Å². The number of rotatable bonds is 3. The molecule has 1 aromatic rings. The Morgan fingerprint density at radius 2 is 1.83 bits per heavy atom. The van der Waals surface area contributed by atoms with Crippen molar-refractivity contribution in [3.63, 3.8) is 0 Å². The van der Waals surface area contributed by atoms with E-state index in [0.29, 0.717) is 25.3 Å². The summed E-state index contributed by atoms with van der Waals surface area (Å²) in [4.78, 5) is 32.3. The van der Waals surface area contributed by atoms with Crippen molar-refractivity contribution in [1.29, 1.82) is 0 Å². The first kappa shape index (κ1) is 17.2. The molecule has 0 atom stereocenters. The van der Waals surface area contributed by atoms with Gasteiger partial charge in [0, 0.05) is 37.8 Å². The molecule has 0 aliphatic carbocycles. The summed E-state index contributed by atoms with van der Waals surface area (Å²) in [6.45, 7) is 10.8. The SMILES string of the molecule is CCOC(=O)c1ccc(N2CCN(C(=O)C(C)(C)C)CC2)nc1. The van der Waals surface area contributed by atoms with Crippen molar-refractivity contribution in [3.05, 3.63) is 23.9 Å². The lowest BCUT2D eigenvalue weighted by Crippen LogP contribution is -2.51. The van der Waals surface area contributed by atoms with Crippen LogP contribution in [0.2, 0.25) is 0 Å². The molecule has 2 rings (SSSR count). The number of amides is 1. The van der Waals surface area contributed by atoms with Gasteiger partial charge in [-0.05, 0) is 19.1 Å². The number of carbonyl (C=O) groups excluding carboxylic acids is 2. The van der Waals surface area contributed by atoms with Gasteiger partial charge in [-0.2, -0.15) is 0 Å². The fourth-order valence-electron chi connectivity index (χ4n) is 2.52. The number of nitrogens with zero attached hydrogens (tertiary/aromatic N) is 3. The van der Waals surface area contributed by atoms with E-state index >= 15 is 0 Å². The Morgan fingerprint density at radius 1 is 1.17 bits per heavy atom. The van der Waals surface area contributed by atoms with Gasteiger partial charge in [0.1, 0.15) is 5.82 Å². The summed E-state index contributed by atoms with van der Waals surface area (Å²) in [6, 6.07) is 3.56. The molecule has 1 amide bonds. The Kier molecular flexibility index (Phi) is 5.23. The maximum absolute atomic E-state index is 12.3. The van der Waals surface area contributed by atoms with Gasteiger partial charge in [-0.15, -0.1) is 0 Å². The molecule has 0 aromatic carbocycles. The maximum Gasteiger partial charge on any atom is 0.339 e. The molecular weight excluding hydrogens is 294 g/mol. The first-order valence-corrected chi connectivity index (χ1v) is 8.00. The number of hydrogen-bond acceptors (Lipinski definition) is 5. The summed E-state index contributed by atoms with van der Waals surface area (Å²) in [7, 11) is 0. The van der Waals surface area contributed by atoms with Crippen LogP contribution in [0.25, 0.3) is 0 Å². The summed E-state index contributed by atoms with van der Waals surface area (Å²) in [5, 5.41) is 0. The second kappa shape index (κ2) is 6.98. The largest absolute Gasteiger partial charge is 0.462 e. The van der Waals surface area contributed by atoms with E-state index in [1.807, 2.05) is 31.7 Å². The van der Waals surface area contributed by atoms with Gasteiger partial charge in [-0.1, -0.05) is 20.8 Å². The van der Waals surface area contributed by atoms with E-state index in [-0.39, 0.29) is 17.3 Å². The lowest BCUT2D eigenvalue weighted by molar-refractivity contribution is -0.139. The molecule has 0 spiro atoms. The van der Waals surface area contributed by atoms with Gasteiger partial charge in [0.15, 0.2) is 0 Å². The second-order valence-corrected chi connectivity index (χ2v) is 6.65. The molecule has 0 N–H and O–H groups in total. The van der Waals surface area contributed by atoms with Gasteiger partial charge < -0.3 is 14.5 Å². The molecule has 0 bridgehead atoms. The second-order valence-electron chi connectivity index (χ2n) is 6.65. The zero-order valence-corrected chi connectivity index (χ0v) is 14.3. The monoisotopic (exact) mass is 319 g/mol. The Bertz CT molecular complexity index is 555. The highest BCUT2D eigenvalue weighted by Gasteiger charge is 2.29. The van der Waals surface area contributed by atoms with E-state index < -0.39 is 0 Å². The number of aromatic nitrogens is 1. The summed E-state index contributed by atoms with van der Waals surface area (Å²) in [5.74, 6) is 0.649. The van der Waals surface area contributed by atoms with Crippen LogP contribution in [-0.2, 0) is 9.53 Å². The zero-order valence-electron chi connectivity index (χ0n) is 14.3. The summed E-state index contributed by atoms with van der Waals surface area (Å²) in [5.41, 5.74) is 0.110. The Hall–Kier alpha value is -2.11. The molecular formula is C17H25N3O3. The molecule has 1 aliphatic heterocycles. The van der Waals surface area contributed by atoms with Crippen LogP contribution >= 0.6 is 0 Å². The molecule has 2 heterocycles. The van der Waals surface area contributed by atoms with Crippen LogP contribution in [0.15, 0.2) is 18.3 Å². The molecule has 1 saturated heterocycles. The van der Waals surface area contributed by atoms with Crippen molar-refractivity contribution in [3.8, 4) is 0 Å². The first-order chi connectivity index (χ1) is 10.8. The van der Waals surface area contributed by atoms with Gasteiger partial charge in [0.05, 0.1) is 12.2 Å². The molecule has 1 aliphatic rings. The fourth-order valence-corrected chi connectivity index (χ4v) is 2.52. The minimum Gasteiger partial charge on any atom is -0.462 e. The predicted octanol–water partition coefficient (Wildman–Crippen LogP) is 1.95. The van der Waals surface area contributed by atoms with Crippen molar-refractivity contribution in [2.75, 3.05) is 37.7 Å². The fraction of sp³-hybridized carbons (Fsp3) is 0.588. The maximum atomic E-state index is 12.3. The van der Waals surface area contributed by atoms with E-state index in [1.54, 1.807) is 19.2 Å². The van der Waals surface area contributed by atoms with E-state index in [1.165, 1.54) is 0 Å². The van der Waals surface area contributed by atoms with Gasteiger partial charge in [-0.25, -0.2) is 9.78 Å². The van der Waals surface area contributed by atoms with Crippen molar-refractivity contribution in [2.24, 2.45) is 5.41 Å². The Balaban J connectivity index is 1.95. The van der Waals surface area contributed by atoms with Gasteiger partial charge >= 0.3 is 5.97 Å². The van der Waals surface area contributed by atoms with Crippen LogP contribution in [0.1, 0.15) is 38.1 Å². The Morgan fingerprint density at radius 3 is 2.30 bits per heavy atom. The van der Waals surface area contributed by atoms with E-state index in [9.17, 15) is 9.59 Å². The van der Waals surface area contributed by atoms with Crippen LogP contribution in [-0.4, -0.2) is 54.5 Å². The highest BCUT2D eigenvalue weighted by molar-refractivity contribution is 5.89. The van der Waals surface area contributed by atoms with E-state index in [4.69, 9.17) is 4.74 Å². The summed E-state index contributed by atoms with van der Waals surface area (Å²) in [6.07, 6.45) is 1.54. The average molecular weight is 319 g/mol. The quantitative estimate of drug-likeness (QED) is 0.797. The number of hydrogen-bond donors (Lipinski definition) is 0. The van der Waals surface area contributed by atoms with Crippen LogP contribution in [0.5, 0.6) is 0 Å². The first-order valence-electron chi connectivity index (χ1n) is 8.00. The minimum absolute atomic E-state index is 0.183. The molecule has 0 radical (unpaired) electrons. The summed E-state index contributed by atoms with van der Waals surface area (Å²) >= 11 is 0. The number of anilines is 1. The van der Waals surface area contributed by atoms with Crippen LogP contribution in [0.3, 0.4) is 0 Å². The average Bonchev–Trinajstić information content (AvgIpc) is 2.54. The van der Waals surface area contributed by atoms with Crippen molar-refractivity contribution in [2.45, 2.75) is 27.7 Å². The molecule has 126 valence electrons. The zero-order chi connectivity index (χ0) is 17.0. The van der Waals surface area contributed by atoms with Gasteiger partial charge in [0.25, 0.3) is 0 Å². The highest BCUT2D eigenvalue weighted by atomic mass is 16.5. The third-order valence-corrected chi connectivity index (χ3v) is 3.79. The lowest BCUT2D eigenvalue weighted by Gasteiger charge is -2.38. The van der Waals surface area contributed by atoms with Crippen LogP contribution in [0.4, 0.5) is 5.82 Å². The number of piperazine rings is 1. The standard InChI is InChI=1S/C17H25N3O3/c1-5-23-15(21)13-6-7-14(18-12-13)19-8-10-20(11-9-19)16(22)17(2,3)4/h6-7,12H,5,8-11H2,1-4H3. The number of carbonyl (C=O) groups is 2. The van der Waals surface area contributed by atoms with Crippen LogP contribution in [0, 0.1) is 5.41 Å². The minimum atomic E-state index is -0.354. The lowest BCUT2D eigenvalue weighted by atomic mass is 9.94. The third-order valence-electron chi connectivity index (χ3n) is 3.79. The molecule has 1 aromatic heterocycles. The molecule has 6 nitrogen and oxygen atoms in total. The highest BCUT2D eigenvalue weighted by Crippen LogP contribution is 2.20. The molecule has 6 heteroatoms. The van der Waals surface area contributed by atoms with Gasteiger partial charge in [-0.3, -0.25) is 4.79 Å². The van der Waals surface area contributed by atoms with E-state index in [0.717, 1.165) is 18.9 Å². The number of pyridine rings is 1. The third kappa shape index (κ3) is 4.21. The topological polar surface area (TPSA) is 62.7 Å². The Labute approximate surface area is 137 Å². The number of esters is 1. The molecule has 0 saturated carbocycles. The summed E-state index contributed by atoms with van der Waals surface area (Å²) < 4.78 is 4.95. The molecule has 23 heavy (non-hydrogen) atoms.